The summed E-state index contributed by atoms with van der Waals surface area (Å²) < 4.78 is 71.5. The topological polar surface area (TPSA) is 99.1 Å². The van der Waals surface area contributed by atoms with E-state index >= 15 is 0 Å². The van der Waals surface area contributed by atoms with E-state index in [1.165, 1.54) is 0 Å². The summed E-state index contributed by atoms with van der Waals surface area (Å²) in [4.78, 5) is 11.4. The van der Waals surface area contributed by atoms with E-state index in [9.17, 15) is 22.0 Å². The standard InChI is InChI=1S/C11H16F2O7S/c12-11(13,21(15,16)17)9(14)20-8-4-1-2-5-10(8)18-6-3-7-19-10/h8H,1-7H2,(H,15,16,17). The average Bonchev–Trinajstić information content (AvgIpc) is 2.41. The van der Waals surface area contributed by atoms with Gasteiger partial charge in [-0.2, -0.15) is 17.2 Å². The van der Waals surface area contributed by atoms with E-state index in [1.807, 2.05) is 0 Å². The van der Waals surface area contributed by atoms with E-state index < -0.39 is 33.2 Å². The fourth-order valence-corrected chi connectivity index (χ4v) is 2.71. The number of carbonyl (C=O) groups is 1. The highest BCUT2D eigenvalue weighted by Crippen LogP contribution is 2.38. The first kappa shape index (κ1) is 16.5. The zero-order chi connectivity index (χ0) is 15.7. The number of hydrogen-bond donors (Lipinski definition) is 1. The van der Waals surface area contributed by atoms with Gasteiger partial charge in [0.1, 0.15) is 0 Å². The highest BCUT2D eigenvalue weighted by Gasteiger charge is 2.57. The number of halogens is 2. The maximum atomic E-state index is 13.2. The van der Waals surface area contributed by atoms with E-state index in [2.05, 4.69) is 4.74 Å². The molecule has 1 spiro atoms. The minimum atomic E-state index is -5.88. The Labute approximate surface area is 120 Å². The minimum absolute atomic E-state index is 0.216. The molecule has 1 N–H and O–H groups in total. The molecule has 1 aliphatic carbocycles. The smallest absolute Gasteiger partial charge is 0.451 e. The lowest BCUT2D eigenvalue weighted by Crippen LogP contribution is -2.55. The SMILES string of the molecule is O=C(OC1CCCCC12OCCCO2)C(F)(F)S(=O)(=O)O. The van der Waals surface area contributed by atoms with E-state index in [0.717, 1.165) is 0 Å². The summed E-state index contributed by atoms with van der Waals surface area (Å²) in [5.41, 5.74) is 0. The molecule has 1 aliphatic heterocycles. The van der Waals surface area contributed by atoms with Gasteiger partial charge in [0.15, 0.2) is 6.10 Å². The summed E-state index contributed by atoms with van der Waals surface area (Å²) in [7, 11) is -5.88. The van der Waals surface area contributed by atoms with Crippen LogP contribution >= 0.6 is 0 Å². The molecule has 2 fully saturated rings. The van der Waals surface area contributed by atoms with E-state index in [4.69, 9.17) is 14.0 Å². The zero-order valence-electron chi connectivity index (χ0n) is 11.1. The molecule has 0 aromatic carbocycles. The largest absolute Gasteiger partial charge is 0.465 e. The van der Waals surface area contributed by atoms with Crippen molar-refractivity contribution in [3.63, 3.8) is 0 Å². The zero-order valence-corrected chi connectivity index (χ0v) is 11.9. The second-order valence-electron chi connectivity index (χ2n) is 4.99. The van der Waals surface area contributed by atoms with Gasteiger partial charge < -0.3 is 14.2 Å². The molecule has 7 nitrogen and oxygen atoms in total. The molecule has 0 radical (unpaired) electrons. The van der Waals surface area contributed by atoms with Crippen LogP contribution in [0.4, 0.5) is 8.78 Å². The molecular formula is C11H16F2O7S. The molecule has 2 rings (SSSR count). The van der Waals surface area contributed by atoms with Crippen LogP contribution in [-0.4, -0.2) is 49.3 Å². The maximum absolute atomic E-state index is 13.2. The van der Waals surface area contributed by atoms with Gasteiger partial charge >= 0.3 is 21.3 Å². The molecule has 0 aromatic heterocycles. The highest BCUT2D eigenvalue weighted by atomic mass is 32.2. The van der Waals surface area contributed by atoms with Crippen molar-refractivity contribution < 1.29 is 40.8 Å². The van der Waals surface area contributed by atoms with Crippen LogP contribution in [0.3, 0.4) is 0 Å². The van der Waals surface area contributed by atoms with Crippen LogP contribution in [-0.2, 0) is 29.1 Å². The van der Waals surface area contributed by atoms with Crippen molar-refractivity contribution in [1.29, 1.82) is 0 Å². The van der Waals surface area contributed by atoms with Crippen LogP contribution in [0.25, 0.3) is 0 Å². The number of hydrogen-bond acceptors (Lipinski definition) is 6. The first-order chi connectivity index (χ1) is 9.69. The molecule has 2 aliphatic rings. The summed E-state index contributed by atoms with van der Waals surface area (Å²) in [6.45, 7) is 0.672. The lowest BCUT2D eigenvalue weighted by molar-refractivity contribution is -0.322. The molecular weight excluding hydrogens is 314 g/mol. The number of carbonyl (C=O) groups excluding carboxylic acids is 1. The third-order valence-corrected chi connectivity index (χ3v) is 4.34. The second kappa shape index (κ2) is 5.75. The van der Waals surface area contributed by atoms with Gasteiger partial charge in [0, 0.05) is 6.42 Å². The third kappa shape index (κ3) is 3.17. The van der Waals surface area contributed by atoms with Gasteiger partial charge in [0.05, 0.1) is 13.2 Å². The average molecular weight is 330 g/mol. The fraction of sp³-hybridized carbons (Fsp3) is 0.909. The molecule has 0 aromatic rings. The van der Waals surface area contributed by atoms with Crippen molar-refractivity contribution in [2.75, 3.05) is 13.2 Å². The Morgan fingerprint density at radius 1 is 1.24 bits per heavy atom. The molecule has 1 unspecified atom stereocenters. The molecule has 10 heteroatoms. The minimum Gasteiger partial charge on any atom is -0.451 e. The van der Waals surface area contributed by atoms with Gasteiger partial charge in [-0.1, -0.05) is 0 Å². The van der Waals surface area contributed by atoms with Crippen LogP contribution in [0.5, 0.6) is 0 Å². The van der Waals surface area contributed by atoms with Crippen LogP contribution in [0.1, 0.15) is 32.1 Å². The Hall–Kier alpha value is -0.840. The number of rotatable bonds is 3. The van der Waals surface area contributed by atoms with Gasteiger partial charge in [-0.15, -0.1) is 0 Å². The Bertz CT molecular complexity index is 490. The maximum Gasteiger partial charge on any atom is 0.465 e. The number of ether oxygens (including phenoxy) is 3. The number of alkyl halides is 2. The van der Waals surface area contributed by atoms with Crippen molar-refractivity contribution >= 4 is 16.1 Å². The van der Waals surface area contributed by atoms with Crippen molar-refractivity contribution in [2.45, 2.75) is 49.2 Å². The predicted octanol–water partition coefficient (Wildman–Crippen LogP) is 1.09. The lowest BCUT2D eigenvalue weighted by Gasteiger charge is -2.44. The van der Waals surface area contributed by atoms with Gasteiger partial charge in [-0.05, 0) is 25.7 Å². The van der Waals surface area contributed by atoms with Crippen LogP contribution in [0.15, 0.2) is 0 Å². The van der Waals surface area contributed by atoms with Crippen molar-refractivity contribution in [1.82, 2.24) is 0 Å². The van der Waals surface area contributed by atoms with Crippen LogP contribution in [0, 0.1) is 0 Å². The fourth-order valence-electron chi connectivity index (χ4n) is 2.45. The van der Waals surface area contributed by atoms with E-state index in [-0.39, 0.29) is 6.42 Å². The van der Waals surface area contributed by atoms with Gasteiger partial charge in [-0.3, -0.25) is 4.55 Å². The Morgan fingerprint density at radius 3 is 2.43 bits per heavy atom. The third-order valence-electron chi connectivity index (χ3n) is 3.52. The molecule has 0 bridgehead atoms. The second-order valence-corrected chi connectivity index (χ2v) is 6.46. The van der Waals surface area contributed by atoms with E-state index in [1.54, 1.807) is 0 Å². The van der Waals surface area contributed by atoms with Crippen molar-refractivity contribution in [2.24, 2.45) is 0 Å². The van der Waals surface area contributed by atoms with Crippen LogP contribution < -0.4 is 0 Å². The first-order valence-corrected chi connectivity index (χ1v) is 7.97. The lowest BCUT2D eigenvalue weighted by atomic mass is 9.90. The van der Waals surface area contributed by atoms with Gasteiger partial charge in [0.25, 0.3) is 0 Å². The predicted molar refractivity (Wildman–Crippen MR) is 64.1 cm³/mol. The summed E-state index contributed by atoms with van der Waals surface area (Å²) in [5, 5.41) is -5.01. The highest BCUT2D eigenvalue weighted by molar-refractivity contribution is 7.87. The van der Waals surface area contributed by atoms with Crippen molar-refractivity contribution in [3.05, 3.63) is 0 Å². The molecule has 1 saturated heterocycles. The Morgan fingerprint density at radius 2 is 1.86 bits per heavy atom. The monoisotopic (exact) mass is 330 g/mol. The summed E-state index contributed by atoms with van der Waals surface area (Å²) >= 11 is 0. The van der Waals surface area contributed by atoms with Crippen LogP contribution in [0.2, 0.25) is 0 Å². The molecule has 1 heterocycles. The normalized spacial score (nSPS) is 26.5. The Balaban J connectivity index is 2.14. The quantitative estimate of drug-likeness (QED) is 0.611. The summed E-state index contributed by atoms with van der Waals surface area (Å²) in [6, 6.07) is 0. The molecule has 0 amide bonds. The van der Waals surface area contributed by atoms with Gasteiger partial charge in [0.2, 0.25) is 5.79 Å². The Kier molecular flexibility index (Phi) is 4.52. The molecule has 1 saturated carbocycles. The summed E-state index contributed by atoms with van der Waals surface area (Å²) in [5.74, 6) is -3.63. The molecule has 21 heavy (non-hydrogen) atoms. The molecule has 1 atom stereocenters. The van der Waals surface area contributed by atoms with Crippen molar-refractivity contribution in [3.8, 4) is 0 Å². The van der Waals surface area contributed by atoms with E-state index in [0.29, 0.717) is 38.9 Å². The summed E-state index contributed by atoms with van der Waals surface area (Å²) in [6.07, 6.45) is 1.39. The van der Waals surface area contributed by atoms with Gasteiger partial charge in [-0.25, -0.2) is 4.79 Å². The molecule has 122 valence electrons. The first-order valence-electron chi connectivity index (χ1n) is 6.53. The number of esters is 1.